The molecule has 5 rings (SSSR count). The second-order valence-corrected chi connectivity index (χ2v) is 7.48. The smallest absolute Gasteiger partial charge is 0.364 e. The molecule has 4 aromatic rings. The van der Waals surface area contributed by atoms with Gasteiger partial charge in [0.2, 0.25) is 5.91 Å². The van der Waals surface area contributed by atoms with Crippen molar-refractivity contribution < 1.29 is 14.3 Å². The number of para-hydroxylation sites is 1. The molecule has 0 N–H and O–H groups in total. The number of fused-ring (bicyclic) bond motifs is 1. The highest BCUT2D eigenvalue weighted by molar-refractivity contribution is 6.03. The van der Waals surface area contributed by atoms with Crippen molar-refractivity contribution >= 4 is 28.3 Å². The van der Waals surface area contributed by atoms with Crippen molar-refractivity contribution in [3.05, 3.63) is 94.9 Å². The summed E-state index contributed by atoms with van der Waals surface area (Å²) in [4.78, 5) is 39.7. The minimum absolute atomic E-state index is 0.0443. The number of anilines is 1. The van der Waals surface area contributed by atoms with Crippen molar-refractivity contribution in [2.75, 3.05) is 11.4 Å². The highest BCUT2D eigenvalue weighted by atomic mass is 16.5. The minimum atomic E-state index is -0.670. The fourth-order valence-corrected chi connectivity index (χ4v) is 3.86. The molecular formula is C25H19N3O4. The molecule has 1 aromatic heterocycles. The maximum absolute atomic E-state index is 13.1. The molecule has 0 saturated carbocycles. The lowest BCUT2D eigenvalue weighted by atomic mass is 10.1. The Hall–Kier alpha value is -4.26. The average molecular weight is 425 g/mol. The van der Waals surface area contributed by atoms with E-state index in [9.17, 15) is 14.4 Å². The number of ether oxygens (including phenoxy) is 1. The van der Waals surface area contributed by atoms with Crippen molar-refractivity contribution in [2.24, 2.45) is 0 Å². The van der Waals surface area contributed by atoms with Crippen LogP contribution >= 0.6 is 0 Å². The minimum Gasteiger partial charge on any atom is -0.422 e. The standard InChI is InChI=1S/C25H19N3O4/c29-22-11-6-16-27(22)17-12-14-19(15-13-17)32-25(31)23-20-9-4-5-10-21(20)24(30)28(26-23)18-7-2-1-3-8-18/h1-5,7-10,12-15H,6,11,16H2. The van der Waals surface area contributed by atoms with Gasteiger partial charge < -0.3 is 9.64 Å². The fourth-order valence-electron chi connectivity index (χ4n) is 3.86. The van der Waals surface area contributed by atoms with Crippen LogP contribution < -0.4 is 15.2 Å². The van der Waals surface area contributed by atoms with Gasteiger partial charge in [0.1, 0.15) is 5.75 Å². The Balaban J connectivity index is 1.50. The number of aromatic nitrogens is 2. The van der Waals surface area contributed by atoms with Gasteiger partial charge in [0.15, 0.2) is 5.69 Å². The monoisotopic (exact) mass is 425 g/mol. The molecular weight excluding hydrogens is 406 g/mol. The summed E-state index contributed by atoms with van der Waals surface area (Å²) in [5.74, 6) is -0.252. The Kier molecular flexibility index (Phi) is 4.99. The molecule has 0 aliphatic carbocycles. The summed E-state index contributed by atoms with van der Waals surface area (Å²) in [6.07, 6.45) is 1.39. The van der Waals surface area contributed by atoms with Crippen LogP contribution in [0.5, 0.6) is 5.75 Å². The van der Waals surface area contributed by atoms with Gasteiger partial charge in [-0.3, -0.25) is 9.59 Å². The van der Waals surface area contributed by atoms with Gasteiger partial charge in [0, 0.05) is 24.0 Å². The molecule has 1 aliphatic rings. The molecule has 1 fully saturated rings. The molecule has 7 heteroatoms. The topological polar surface area (TPSA) is 81.5 Å². The van der Waals surface area contributed by atoms with E-state index >= 15 is 0 Å². The summed E-state index contributed by atoms with van der Waals surface area (Å²) in [5, 5.41) is 5.14. The maximum Gasteiger partial charge on any atom is 0.364 e. The first-order valence-electron chi connectivity index (χ1n) is 10.3. The van der Waals surface area contributed by atoms with Crippen LogP contribution in [0, 0.1) is 0 Å². The first-order chi connectivity index (χ1) is 15.6. The van der Waals surface area contributed by atoms with E-state index in [1.54, 1.807) is 77.7 Å². The largest absolute Gasteiger partial charge is 0.422 e. The zero-order chi connectivity index (χ0) is 22.1. The van der Waals surface area contributed by atoms with E-state index in [1.165, 1.54) is 4.68 Å². The lowest BCUT2D eigenvalue weighted by molar-refractivity contribution is -0.117. The first kappa shape index (κ1) is 19.7. The molecule has 1 saturated heterocycles. The number of nitrogens with zero attached hydrogens (tertiary/aromatic N) is 3. The van der Waals surface area contributed by atoms with Crippen molar-refractivity contribution in [3.8, 4) is 11.4 Å². The van der Waals surface area contributed by atoms with E-state index in [2.05, 4.69) is 5.10 Å². The Bertz CT molecular complexity index is 1380. The molecule has 0 bridgehead atoms. The Morgan fingerprint density at radius 3 is 2.19 bits per heavy atom. The van der Waals surface area contributed by atoms with Gasteiger partial charge in [-0.25, -0.2) is 4.79 Å². The molecule has 158 valence electrons. The van der Waals surface area contributed by atoms with Gasteiger partial charge >= 0.3 is 5.97 Å². The Morgan fingerprint density at radius 2 is 1.50 bits per heavy atom. The van der Waals surface area contributed by atoms with Crippen molar-refractivity contribution in [1.82, 2.24) is 9.78 Å². The molecule has 7 nitrogen and oxygen atoms in total. The summed E-state index contributed by atoms with van der Waals surface area (Å²) >= 11 is 0. The Morgan fingerprint density at radius 1 is 0.812 bits per heavy atom. The van der Waals surface area contributed by atoms with Crippen LogP contribution in [0.1, 0.15) is 23.3 Å². The molecule has 0 unspecified atom stereocenters. The predicted molar refractivity (Wildman–Crippen MR) is 120 cm³/mol. The number of hydrogen-bond acceptors (Lipinski definition) is 5. The van der Waals surface area contributed by atoms with E-state index in [4.69, 9.17) is 4.74 Å². The van der Waals surface area contributed by atoms with Crippen LogP contribution in [0.3, 0.4) is 0 Å². The first-order valence-corrected chi connectivity index (χ1v) is 10.3. The lowest BCUT2D eigenvalue weighted by Crippen LogP contribution is -2.26. The second-order valence-electron chi connectivity index (χ2n) is 7.48. The average Bonchev–Trinajstić information content (AvgIpc) is 3.26. The van der Waals surface area contributed by atoms with Gasteiger partial charge in [-0.1, -0.05) is 36.4 Å². The van der Waals surface area contributed by atoms with E-state index in [1.807, 2.05) is 6.07 Å². The SMILES string of the molecule is O=C(Oc1ccc(N2CCCC2=O)cc1)c1nn(-c2ccccc2)c(=O)c2ccccc12. The normalized spacial score (nSPS) is 13.5. The summed E-state index contributed by atoms with van der Waals surface area (Å²) in [5.41, 5.74) is 1.05. The quantitative estimate of drug-likeness (QED) is 0.368. The van der Waals surface area contributed by atoms with Crippen LogP contribution in [0.15, 0.2) is 83.7 Å². The third-order valence-corrected chi connectivity index (χ3v) is 5.43. The zero-order valence-corrected chi connectivity index (χ0v) is 17.1. The van der Waals surface area contributed by atoms with E-state index in [-0.39, 0.29) is 17.2 Å². The second kappa shape index (κ2) is 8.11. The number of esters is 1. The molecule has 2 heterocycles. The van der Waals surface area contributed by atoms with Crippen molar-refractivity contribution in [3.63, 3.8) is 0 Å². The predicted octanol–water partition coefficient (Wildman–Crippen LogP) is 3.73. The van der Waals surface area contributed by atoms with Crippen LogP contribution in [-0.2, 0) is 4.79 Å². The number of amides is 1. The molecule has 3 aromatic carbocycles. The third-order valence-electron chi connectivity index (χ3n) is 5.43. The summed E-state index contributed by atoms with van der Waals surface area (Å²) in [6, 6.07) is 22.5. The lowest BCUT2D eigenvalue weighted by Gasteiger charge is -2.16. The number of benzene rings is 3. The number of carbonyl (C=O) groups is 2. The summed E-state index contributed by atoms with van der Waals surface area (Å²) in [7, 11) is 0. The molecule has 0 atom stereocenters. The van der Waals surface area contributed by atoms with Gasteiger partial charge in [-0.2, -0.15) is 9.78 Å². The van der Waals surface area contributed by atoms with Crippen LogP contribution in [0.2, 0.25) is 0 Å². The Labute approximate surface area is 183 Å². The van der Waals surface area contributed by atoms with Crippen LogP contribution in [0.25, 0.3) is 16.5 Å². The van der Waals surface area contributed by atoms with E-state index in [0.717, 1.165) is 12.1 Å². The molecule has 1 amide bonds. The summed E-state index contributed by atoms with van der Waals surface area (Å²) < 4.78 is 6.77. The summed E-state index contributed by atoms with van der Waals surface area (Å²) in [6.45, 7) is 0.689. The van der Waals surface area contributed by atoms with Gasteiger partial charge in [0.05, 0.1) is 11.1 Å². The molecule has 0 spiro atoms. The van der Waals surface area contributed by atoms with Crippen molar-refractivity contribution in [1.29, 1.82) is 0 Å². The van der Waals surface area contributed by atoms with Crippen molar-refractivity contribution in [2.45, 2.75) is 12.8 Å². The highest BCUT2D eigenvalue weighted by Gasteiger charge is 2.22. The van der Waals surface area contributed by atoms with Gasteiger partial charge in [-0.15, -0.1) is 0 Å². The van der Waals surface area contributed by atoms with Gasteiger partial charge in [-0.05, 0) is 48.9 Å². The number of carbonyl (C=O) groups excluding carboxylic acids is 2. The number of rotatable bonds is 4. The van der Waals surface area contributed by atoms with E-state index < -0.39 is 5.97 Å². The maximum atomic E-state index is 13.1. The van der Waals surface area contributed by atoms with Crippen LogP contribution in [-0.4, -0.2) is 28.2 Å². The highest BCUT2D eigenvalue weighted by Crippen LogP contribution is 2.25. The van der Waals surface area contributed by atoms with E-state index in [0.29, 0.717) is 35.2 Å². The van der Waals surface area contributed by atoms with Gasteiger partial charge in [0.25, 0.3) is 5.56 Å². The molecule has 0 radical (unpaired) electrons. The molecule has 1 aliphatic heterocycles. The van der Waals surface area contributed by atoms with Crippen LogP contribution in [0.4, 0.5) is 5.69 Å². The third kappa shape index (κ3) is 3.54. The fraction of sp³-hybridized carbons (Fsp3) is 0.120. The zero-order valence-electron chi connectivity index (χ0n) is 17.1. The number of hydrogen-bond donors (Lipinski definition) is 0. The molecule has 32 heavy (non-hydrogen) atoms.